The van der Waals surface area contributed by atoms with Gasteiger partial charge in [-0.15, -0.1) is 0 Å². The molecule has 12 nitrogen and oxygen atoms in total. The number of imidazole rings is 1. The standard InChI is InChI=1S/C33H33FN10O2S/c1-3-25-30(41(2)33-40-29(27(15-35)47-33)20-4-7-23(34)8-5-20)44-19-21(6-9-28(44)39-25)22-16-37-32(38-17-22)43-12-10-42(11-13-43)31(46)26-14-24(45)18-36-26/h4-9,16-17,19,24,26,36,45H,3,10-14,18H2,1-2H3/t24-,26+/m0/s1. The van der Waals surface area contributed by atoms with Crippen LogP contribution in [0.2, 0.25) is 0 Å². The number of fused-ring (bicyclic) bond motifs is 1. The zero-order valence-corrected chi connectivity index (χ0v) is 26.8. The number of rotatable bonds is 7. The minimum atomic E-state index is -0.467. The average Bonchev–Trinajstić information content (AvgIpc) is 3.84. The van der Waals surface area contributed by atoms with Crippen LogP contribution in [0, 0.1) is 17.1 Å². The number of anilines is 3. The van der Waals surface area contributed by atoms with E-state index in [1.165, 1.54) is 23.5 Å². The molecule has 0 unspecified atom stereocenters. The van der Waals surface area contributed by atoms with Gasteiger partial charge in [0.15, 0.2) is 5.13 Å². The molecule has 2 aliphatic heterocycles. The molecule has 7 rings (SSSR count). The van der Waals surface area contributed by atoms with Gasteiger partial charge in [-0.1, -0.05) is 18.3 Å². The zero-order valence-electron chi connectivity index (χ0n) is 26.0. The van der Waals surface area contributed by atoms with Crippen LogP contribution in [0.25, 0.3) is 28.0 Å². The number of β-amino-alcohol motifs (C(OH)–C–C–N with tert-alkyl or cyclic N) is 1. The smallest absolute Gasteiger partial charge is 0.239 e. The summed E-state index contributed by atoms with van der Waals surface area (Å²) in [7, 11) is 1.91. The maximum Gasteiger partial charge on any atom is 0.239 e. The Bertz CT molecular complexity index is 1960. The number of piperazine rings is 1. The molecule has 1 amide bonds. The van der Waals surface area contributed by atoms with Crippen LogP contribution in [-0.2, 0) is 11.2 Å². The van der Waals surface area contributed by atoms with E-state index in [2.05, 4.69) is 26.3 Å². The quantitative estimate of drug-likeness (QED) is 0.268. The van der Waals surface area contributed by atoms with Crippen LogP contribution in [0.4, 0.5) is 21.3 Å². The minimum Gasteiger partial charge on any atom is -0.392 e. The van der Waals surface area contributed by atoms with Crippen LogP contribution in [0.1, 0.15) is 23.9 Å². The molecule has 2 atom stereocenters. The van der Waals surface area contributed by atoms with Crippen molar-refractivity contribution in [2.24, 2.45) is 0 Å². The fraction of sp³-hybridized carbons (Fsp3) is 0.333. The van der Waals surface area contributed by atoms with Gasteiger partial charge in [0.2, 0.25) is 11.9 Å². The molecule has 6 heterocycles. The van der Waals surface area contributed by atoms with E-state index < -0.39 is 6.10 Å². The Hall–Kier alpha value is -4.97. The lowest BCUT2D eigenvalue weighted by Crippen LogP contribution is -2.53. The number of amides is 1. The Kier molecular flexibility index (Phi) is 8.27. The molecule has 1 aromatic carbocycles. The molecular weight excluding hydrogens is 619 g/mol. The first kappa shape index (κ1) is 30.7. The lowest BCUT2D eigenvalue weighted by Gasteiger charge is -2.35. The Morgan fingerprint density at radius 1 is 1.09 bits per heavy atom. The van der Waals surface area contributed by atoms with Crippen LogP contribution < -0.4 is 15.1 Å². The molecule has 0 bridgehead atoms. The van der Waals surface area contributed by atoms with Crippen LogP contribution in [0.15, 0.2) is 55.0 Å². The number of nitriles is 1. The number of aromatic nitrogens is 5. The number of hydrogen-bond acceptors (Lipinski definition) is 11. The lowest BCUT2D eigenvalue weighted by atomic mass is 10.1. The highest BCUT2D eigenvalue weighted by molar-refractivity contribution is 7.16. The van der Waals surface area contributed by atoms with E-state index in [0.29, 0.717) is 72.8 Å². The highest BCUT2D eigenvalue weighted by atomic mass is 32.1. The molecule has 5 aromatic rings. The number of benzene rings is 1. The van der Waals surface area contributed by atoms with E-state index in [1.807, 2.05) is 46.5 Å². The van der Waals surface area contributed by atoms with Crippen LogP contribution in [0.5, 0.6) is 0 Å². The van der Waals surface area contributed by atoms with Crippen LogP contribution >= 0.6 is 11.3 Å². The van der Waals surface area contributed by atoms with Crippen molar-refractivity contribution in [2.45, 2.75) is 31.9 Å². The van der Waals surface area contributed by atoms with E-state index in [0.717, 1.165) is 28.3 Å². The molecule has 0 aliphatic carbocycles. The summed E-state index contributed by atoms with van der Waals surface area (Å²) in [4.78, 5) is 38.1. The SMILES string of the molecule is CCc1nc2ccc(-c3cnc(N4CCN(C(=O)[C@H]5C[C@H](O)CN5)CC4)nc3)cn2c1N(C)c1nc(-c2ccc(F)cc2)c(C#N)s1. The monoisotopic (exact) mass is 652 g/mol. The summed E-state index contributed by atoms with van der Waals surface area (Å²) in [6.45, 7) is 4.91. The van der Waals surface area contributed by atoms with Crippen LogP contribution in [0.3, 0.4) is 0 Å². The summed E-state index contributed by atoms with van der Waals surface area (Å²) in [6.07, 6.45) is 6.29. The fourth-order valence-electron chi connectivity index (χ4n) is 6.15. The first-order valence-corrected chi connectivity index (χ1v) is 16.3. The largest absolute Gasteiger partial charge is 0.392 e. The molecule has 2 N–H and O–H groups in total. The van der Waals surface area contributed by atoms with Gasteiger partial charge in [0, 0.05) is 75.1 Å². The predicted molar refractivity (Wildman–Crippen MR) is 177 cm³/mol. The zero-order chi connectivity index (χ0) is 32.7. The summed E-state index contributed by atoms with van der Waals surface area (Å²) in [5, 5.41) is 23.3. The number of nitrogens with one attached hydrogen (secondary N) is 1. The highest BCUT2D eigenvalue weighted by Crippen LogP contribution is 2.37. The van der Waals surface area contributed by atoms with Crippen molar-refractivity contribution in [2.75, 3.05) is 49.6 Å². The first-order chi connectivity index (χ1) is 22.8. The Morgan fingerprint density at radius 3 is 2.47 bits per heavy atom. The number of carbonyl (C=O) groups excluding carboxylic acids is 1. The number of thiazole rings is 1. The van der Waals surface area contributed by atoms with Gasteiger partial charge < -0.3 is 25.1 Å². The summed E-state index contributed by atoms with van der Waals surface area (Å²) in [6, 6.07) is 11.9. The topological polar surface area (TPSA) is 139 Å². The maximum absolute atomic E-state index is 13.6. The highest BCUT2D eigenvalue weighted by Gasteiger charge is 2.33. The predicted octanol–water partition coefficient (Wildman–Crippen LogP) is 3.63. The number of carbonyl (C=O) groups is 1. The number of halogens is 1. The maximum atomic E-state index is 13.6. The Labute approximate surface area is 274 Å². The third-order valence-electron chi connectivity index (χ3n) is 8.69. The van der Waals surface area contributed by atoms with E-state index >= 15 is 0 Å². The summed E-state index contributed by atoms with van der Waals surface area (Å²) in [5.41, 5.74) is 4.60. The second kappa shape index (κ2) is 12.7. The number of aryl methyl sites for hydroxylation is 1. The number of aliphatic hydroxyl groups excluding tert-OH is 1. The van der Waals surface area contributed by atoms with E-state index in [4.69, 9.17) is 9.97 Å². The normalized spacial score (nSPS) is 18.1. The Balaban J connectivity index is 1.11. The molecule has 2 fully saturated rings. The van der Waals surface area contributed by atoms with Gasteiger partial charge in [0.1, 0.15) is 33.9 Å². The number of aliphatic hydroxyl groups is 1. The van der Waals surface area contributed by atoms with E-state index in [9.17, 15) is 19.6 Å². The average molecular weight is 653 g/mol. The third kappa shape index (κ3) is 5.89. The van der Waals surface area contributed by atoms with Gasteiger partial charge in [-0.05, 0) is 49.2 Å². The van der Waals surface area contributed by atoms with Crippen molar-refractivity contribution in [1.82, 2.24) is 34.6 Å². The molecular formula is C33H33FN10O2S. The van der Waals surface area contributed by atoms with Crippen LogP contribution in [-0.4, -0.2) is 92.2 Å². The van der Waals surface area contributed by atoms with E-state index in [-0.39, 0.29) is 17.8 Å². The van der Waals surface area contributed by atoms with Gasteiger partial charge in [0.25, 0.3) is 0 Å². The number of hydrogen-bond donors (Lipinski definition) is 2. The fourth-order valence-corrected chi connectivity index (χ4v) is 7.00. The molecule has 4 aromatic heterocycles. The number of pyridine rings is 1. The molecule has 0 spiro atoms. The minimum absolute atomic E-state index is 0.0392. The summed E-state index contributed by atoms with van der Waals surface area (Å²) in [5.74, 6) is 1.14. The third-order valence-corrected chi connectivity index (χ3v) is 9.73. The van der Waals surface area contributed by atoms with Crippen molar-refractivity contribution in [3.8, 4) is 28.5 Å². The molecule has 14 heteroatoms. The second-order valence-electron chi connectivity index (χ2n) is 11.7. The molecule has 2 saturated heterocycles. The lowest BCUT2D eigenvalue weighted by molar-refractivity contribution is -0.133. The summed E-state index contributed by atoms with van der Waals surface area (Å²) >= 11 is 1.28. The van der Waals surface area contributed by atoms with Crippen molar-refractivity contribution in [3.63, 3.8) is 0 Å². The van der Waals surface area contributed by atoms with Crippen molar-refractivity contribution in [1.29, 1.82) is 5.26 Å². The van der Waals surface area contributed by atoms with E-state index in [1.54, 1.807) is 24.5 Å². The van der Waals surface area contributed by atoms with Gasteiger partial charge >= 0.3 is 0 Å². The Morgan fingerprint density at radius 2 is 1.81 bits per heavy atom. The van der Waals surface area contributed by atoms with Crippen molar-refractivity contribution < 1.29 is 14.3 Å². The molecule has 2 aliphatic rings. The molecule has 0 radical (unpaired) electrons. The van der Waals surface area contributed by atoms with Gasteiger partial charge in [-0.25, -0.2) is 24.3 Å². The molecule has 47 heavy (non-hydrogen) atoms. The number of nitrogens with zero attached hydrogens (tertiary/aromatic N) is 9. The first-order valence-electron chi connectivity index (χ1n) is 15.5. The molecule has 0 saturated carbocycles. The van der Waals surface area contributed by atoms with Crippen molar-refractivity contribution in [3.05, 3.63) is 71.4 Å². The molecule has 240 valence electrons. The van der Waals surface area contributed by atoms with Gasteiger partial charge in [-0.2, -0.15) is 5.26 Å². The summed E-state index contributed by atoms with van der Waals surface area (Å²) < 4.78 is 15.6. The van der Waals surface area contributed by atoms with Crippen molar-refractivity contribution >= 4 is 39.8 Å². The van der Waals surface area contributed by atoms with Gasteiger partial charge in [-0.3, -0.25) is 9.20 Å². The van der Waals surface area contributed by atoms with Gasteiger partial charge in [0.05, 0.1) is 17.8 Å². The second-order valence-corrected chi connectivity index (χ2v) is 12.6.